The summed E-state index contributed by atoms with van der Waals surface area (Å²) in [7, 11) is 0. The molecule has 1 atom stereocenters. The van der Waals surface area contributed by atoms with E-state index in [4.69, 9.17) is 10.2 Å². The quantitative estimate of drug-likeness (QED) is 0.512. The van der Waals surface area contributed by atoms with Crippen LogP contribution in [0.5, 0.6) is 0 Å². The van der Waals surface area contributed by atoms with Gasteiger partial charge in [-0.25, -0.2) is 4.79 Å². The fraction of sp³-hybridized carbons (Fsp3) is 0.714. The van der Waals surface area contributed by atoms with E-state index in [1.807, 2.05) is 0 Å². The van der Waals surface area contributed by atoms with Gasteiger partial charge >= 0.3 is 11.9 Å². The number of ether oxygens (including phenoxy) is 2. The number of aliphatic hydroxyl groups is 2. The van der Waals surface area contributed by atoms with Gasteiger partial charge in [0.2, 0.25) is 0 Å². The van der Waals surface area contributed by atoms with Crippen LogP contribution in [0.4, 0.5) is 0 Å². The van der Waals surface area contributed by atoms with Gasteiger partial charge in [-0.2, -0.15) is 0 Å². The smallest absolute Gasteiger partial charge is 0.344 e. The molecule has 2 N–H and O–H groups in total. The lowest BCUT2D eigenvalue weighted by Crippen LogP contribution is -2.24. The molecule has 0 aliphatic rings. The monoisotopic (exact) mass is 192 g/mol. The molecule has 13 heavy (non-hydrogen) atoms. The fourth-order valence-corrected chi connectivity index (χ4v) is 0.444. The lowest BCUT2D eigenvalue weighted by atomic mass is 10.4. The van der Waals surface area contributed by atoms with Crippen LogP contribution in [0.25, 0.3) is 0 Å². The van der Waals surface area contributed by atoms with Crippen molar-refractivity contribution in [3.63, 3.8) is 0 Å². The summed E-state index contributed by atoms with van der Waals surface area (Å²) in [5.41, 5.74) is 0. The summed E-state index contributed by atoms with van der Waals surface area (Å²) >= 11 is 0. The predicted octanol–water partition coefficient (Wildman–Crippen LogP) is -1.55. The summed E-state index contributed by atoms with van der Waals surface area (Å²) in [5.74, 6) is -1.35. The van der Waals surface area contributed by atoms with Crippen molar-refractivity contribution in [3.05, 3.63) is 0 Å². The van der Waals surface area contributed by atoms with Crippen LogP contribution in [0.15, 0.2) is 0 Å². The molecule has 0 saturated carbocycles. The highest BCUT2D eigenvalue weighted by molar-refractivity contribution is 5.75. The third kappa shape index (κ3) is 7.23. The Morgan fingerprint density at radius 3 is 2.46 bits per heavy atom. The summed E-state index contributed by atoms with van der Waals surface area (Å²) in [4.78, 5) is 20.9. The van der Waals surface area contributed by atoms with Gasteiger partial charge in [0.05, 0.1) is 6.61 Å². The maximum atomic E-state index is 10.7. The zero-order valence-electron chi connectivity index (χ0n) is 7.23. The summed E-state index contributed by atoms with van der Waals surface area (Å²) in [6.45, 7) is -0.110. The molecular formula is C7H12O6. The number of hydrogen-bond donors (Lipinski definition) is 2. The number of rotatable bonds is 5. The molecule has 0 heterocycles. The largest absolute Gasteiger partial charge is 0.460 e. The minimum Gasteiger partial charge on any atom is -0.460 e. The predicted molar refractivity (Wildman–Crippen MR) is 40.7 cm³/mol. The average Bonchev–Trinajstić information content (AvgIpc) is 2.10. The molecule has 0 spiro atoms. The molecule has 0 bridgehead atoms. The van der Waals surface area contributed by atoms with Crippen LogP contribution >= 0.6 is 0 Å². The van der Waals surface area contributed by atoms with Crippen LogP contribution in [0.1, 0.15) is 6.92 Å². The summed E-state index contributed by atoms with van der Waals surface area (Å²) in [6, 6.07) is 0. The molecule has 0 saturated heterocycles. The molecule has 0 amide bonds. The Labute approximate surface area is 75.1 Å². The van der Waals surface area contributed by atoms with Crippen LogP contribution in [-0.4, -0.2) is 48.1 Å². The third-order valence-corrected chi connectivity index (χ3v) is 1.04. The molecule has 0 radical (unpaired) electrons. The minimum absolute atomic E-state index is 0.309. The standard InChI is InChI=1S/C7H12O6/c1-5(9)12-4-7(11)13-3-6(10)2-8/h6,8,10H,2-4H2,1H3. The van der Waals surface area contributed by atoms with Gasteiger partial charge in [-0.15, -0.1) is 0 Å². The second-order valence-corrected chi connectivity index (χ2v) is 2.30. The Morgan fingerprint density at radius 1 is 1.38 bits per heavy atom. The maximum absolute atomic E-state index is 10.7. The van der Waals surface area contributed by atoms with E-state index >= 15 is 0 Å². The summed E-state index contributed by atoms with van der Waals surface area (Å²) < 4.78 is 8.73. The topological polar surface area (TPSA) is 93.1 Å². The Morgan fingerprint density at radius 2 is 2.00 bits per heavy atom. The molecule has 0 aliphatic carbocycles. The van der Waals surface area contributed by atoms with Crippen molar-refractivity contribution in [1.29, 1.82) is 0 Å². The first kappa shape index (κ1) is 11.9. The second-order valence-electron chi connectivity index (χ2n) is 2.30. The first-order valence-electron chi connectivity index (χ1n) is 3.64. The Bertz CT molecular complexity index is 178. The van der Waals surface area contributed by atoms with Crippen molar-refractivity contribution >= 4 is 11.9 Å². The zero-order valence-corrected chi connectivity index (χ0v) is 7.23. The number of esters is 2. The molecule has 6 heteroatoms. The highest BCUT2D eigenvalue weighted by Crippen LogP contribution is 1.86. The van der Waals surface area contributed by atoms with Crippen LogP contribution in [0, 0.1) is 0 Å². The highest BCUT2D eigenvalue weighted by Gasteiger charge is 2.08. The fourth-order valence-electron chi connectivity index (χ4n) is 0.444. The van der Waals surface area contributed by atoms with Gasteiger partial charge in [-0.3, -0.25) is 4.79 Å². The number of hydrogen-bond acceptors (Lipinski definition) is 6. The van der Waals surface area contributed by atoms with Crippen molar-refractivity contribution < 1.29 is 29.3 Å². The van der Waals surface area contributed by atoms with Crippen molar-refractivity contribution in [2.75, 3.05) is 19.8 Å². The van der Waals surface area contributed by atoms with Crippen LogP contribution in [-0.2, 0) is 19.1 Å². The minimum atomic E-state index is -1.10. The van der Waals surface area contributed by atoms with E-state index in [9.17, 15) is 9.59 Å². The lowest BCUT2D eigenvalue weighted by molar-refractivity contribution is -0.159. The van der Waals surface area contributed by atoms with Crippen LogP contribution in [0.3, 0.4) is 0 Å². The molecular weight excluding hydrogens is 180 g/mol. The van der Waals surface area contributed by atoms with Crippen molar-refractivity contribution in [2.45, 2.75) is 13.0 Å². The average molecular weight is 192 g/mol. The van der Waals surface area contributed by atoms with Crippen LogP contribution in [0.2, 0.25) is 0 Å². The molecule has 0 fully saturated rings. The SMILES string of the molecule is CC(=O)OCC(=O)OCC(O)CO. The van der Waals surface area contributed by atoms with Gasteiger partial charge in [-0.05, 0) is 0 Å². The van der Waals surface area contributed by atoms with Crippen molar-refractivity contribution in [1.82, 2.24) is 0 Å². The first-order valence-corrected chi connectivity index (χ1v) is 3.64. The Kier molecular flexibility index (Phi) is 5.82. The molecule has 1 unspecified atom stereocenters. The number of aliphatic hydroxyl groups excluding tert-OH is 2. The zero-order chi connectivity index (χ0) is 10.3. The molecule has 6 nitrogen and oxygen atoms in total. The van der Waals surface area contributed by atoms with Gasteiger partial charge < -0.3 is 19.7 Å². The molecule has 0 aromatic carbocycles. The van der Waals surface area contributed by atoms with Gasteiger partial charge in [0.15, 0.2) is 6.61 Å². The van der Waals surface area contributed by atoms with Gasteiger partial charge in [0.1, 0.15) is 12.7 Å². The lowest BCUT2D eigenvalue weighted by Gasteiger charge is -2.07. The third-order valence-electron chi connectivity index (χ3n) is 1.04. The van der Waals surface area contributed by atoms with E-state index in [0.29, 0.717) is 0 Å². The molecule has 0 aromatic rings. The van der Waals surface area contributed by atoms with E-state index in [0.717, 1.165) is 6.92 Å². The summed E-state index contributed by atoms with van der Waals surface area (Å²) in [6.07, 6.45) is -1.10. The van der Waals surface area contributed by atoms with E-state index in [1.165, 1.54) is 0 Å². The maximum Gasteiger partial charge on any atom is 0.344 e. The summed E-state index contributed by atoms with van der Waals surface area (Å²) in [5, 5.41) is 17.1. The van der Waals surface area contributed by atoms with Gasteiger partial charge in [0.25, 0.3) is 0 Å². The molecule has 0 aromatic heterocycles. The molecule has 0 aliphatic heterocycles. The van der Waals surface area contributed by atoms with E-state index in [1.54, 1.807) is 0 Å². The molecule has 76 valence electrons. The molecule has 0 rings (SSSR count). The first-order chi connectivity index (χ1) is 6.06. The highest BCUT2D eigenvalue weighted by atomic mass is 16.6. The normalized spacial score (nSPS) is 11.9. The van der Waals surface area contributed by atoms with E-state index in [2.05, 4.69) is 9.47 Å². The number of carbonyl (C=O) groups excluding carboxylic acids is 2. The number of carbonyl (C=O) groups is 2. The Balaban J connectivity index is 3.46. The van der Waals surface area contributed by atoms with Crippen molar-refractivity contribution in [2.24, 2.45) is 0 Å². The Hall–Kier alpha value is -1.14. The van der Waals surface area contributed by atoms with E-state index < -0.39 is 31.3 Å². The van der Waals surface area contributed by atoms with Crippen molar-refractivity contribution in [3.8, 4) is 0 Å². The second kappa shape index (κ2) is 6.38. The van der Waals surface area contributed by atoms with Gasteiger partial charge in [0, 0.05) is 6.92 Å². The van der Waals surface area contributed by atoms with Crippen LogP contribution < -0.4 is 0 Å². The van der Waals surface area contributed by atoms with Gasteiger partial charge in [-0.1, -0.05) is 0 Å². The van der Waals surface area contributed by atoms with E-state index in [-0.39, 0.29) is 6.61 Å².